The second-order valence-corrected chi connectivity index (χ2v) is 5.50. The van der Waals surface area contributed by atoms with E-state index < -0.39 is 11.2 Å². The van der Waals surface area contributed by atoms with Crippen molar-refractivity contribution in [2.45, 2.75) is 50.4 Å². The average Bonchev–Trinajstić information content (AvgIpc) is 2.37. The van der Waals surface area contributed by atoms with E-state index in [1.165, 1.54) is 0 Å². The van der Waals surface area contributed by atoms with Crippen LogP contribution < -0.4 is 5.73 Å². The fourth-order valence-corrected chi connectivity index (χ4v) is 2.15. The van der Waals surface area contributed by atoms with Crippen LogP contribution >= 0.6 is 0 Å². The van der Waals surface area contributed by atoms with Crippen LogP contribution in [0.2, 0.25) is 0 Å². The molecule has 2 N–H and O–H groups in total. The molecule has 0 aromatic heterocycles. The van der Waals surface area contributed by atoms with Gasteiger partial charge in [-0.15, -0.1) is 0 Å². The van der Waals surface area contributed by atoms with Crippen molar-refractivity contribution in [3.63, 3.8) is 0 Å². The molecule has 1 saturated carbocycles. The first kappa shape index (κ1) is 9.93. The third-order valence-electron chi connectivity index (χ3n) is 2.68. The Hall–Kier alpha value is -0.610. The topological polar surface area (TPSA) is 61.5 Å². The fourth-order valence-electron chi connectivity index (χ4n) is 2.15. The summed E-state index contributed by atoms with van der Waals surface area (Å²) < 4.78 is 10.7. The monoisotopic (exact) mass is 199 g/mol. The van der Waals surface area contributed by atoms with Crippen molar-refractivity contribution in [2.24, 2.45) is 5.73 Å². The largest absolute Gasteiger partial charge is 0.458 e. The third-order valence-corrected chi connectivity index (χ3v) is 2.68. The van der Waals surface area contributed by atoms with Crippen molar-refractivity contribution < 1.29 is 14.3 Å². The lowest BCUT2D eigenvalue weighted by Gasteiger charge is -2.41. The van der Waals surface area contributed by atoms with Crippen LogP contribution in [0.1, 0.15) is 33.6 Å². The number of nitrogens with two attached hydrogens (primary N) is 1. The zero-order valence-corrected chi connectivity index (χ0v) is 8.92. The predicted molar refractivity (Wildman–Crippen MR) is 50.7 cm³/mol. The Labute approximate surface area is 83.7 Å². The molecule has 2 bridgehead atoms. The van der Waals surface area contributed by atoms with Gasteiger partial charge in [-0.05, 0) is 20.8 Å². The minimum absolute atomic E-state index is 0.261. The van der Waals surface area contributed by atoms with Crippen molar-refractivity contribution in [3.05, 3.63) is 0 Å². The van der Waals surface area contributed by atoms with Crippen LogP contribution in [0.5, 0.6) is 0 Å². The van der Waals surface area contributed by atoms with Crippen LogP contribution in [0.25, 0.3) is 0 Å². The maximum absolute atomic E-state index is 11.8. The number of hydrogen-bond donors (Lipinski definition) is 1. The van der Waals surface area contributed by atoms with E-state index in [1.807, 2.05) is 20.8 Å². The first-order chi connectivity index (χ1) is 6.25. The van der Waals surface area contributed by atoms with Crippen LogP contribution in [-0.2, 0) is 14.3 Å². The first-order valence-electron chi connectivity index (χ1n) is 4.91. The van der Waals surface area contributed by atoms with Gasteiger partial charge in [-0.25, -0.2) is 4.79 Å². The lowest BCUT2D eigenvalue weighted by Crippen LogP contribution is -2.59. The van der Waals surface area contributed by atoms with Crippen molar-refractivity contribution in [2.75, 3.05) is 6.61 Å². The summed E-state index contributed by atoms with van der Waals surface area (Å²) in [6.45, 7) is 6.03. The number of fused-ring (bicyclic) bond motifs is 1. The Morgan fingerprint density at radius 2 is 2.00 bits per heavy atom. The molecule has 0 unspecified atom stereocenters. The summed E-state index contributed by atoms with van der Waals surface area (Å²) in [5.41, 5.74) is 4.46. The summed E-state index contributed by atoms with van der Waals surface area (Å²) in [6.07, 6.45) is 1.21. The van der Waals surface area contributed by atoms with E-state index >= 15 is 0 Å². The van der Waals surface area contributed by atoms with Gasteiger partial charge in [-0.1, -0.05) is 0 Å². The van der Waals surface area contributed by atoms with E-state index in [-0.39, 0.29) is 11.5 Å². The predicted octanol–water partition coefficient (Wildman–Crippen LogP) is 0.588. The average molecular weight is 199 g/mol. The standard InChI is InChI=1S/C10H17NO3/c1-8(2,3)14-7(12)10-4-9(11,5-10)6-13-10/h4-6,11H2,1-3H3. The Bertz CT molecular complexity index is 274. The third kappa shape index (κ3) is 1.42. The second-order valence-electron chi connectivity index (χ2n) is 5.50. The molecule has 0 atom stereocenters. The maximum Gasteiger partial charge on any atom is 0.339 e. The van der Waals surface area contributed by atoms with E-state index in [4.69, 9.17) is 15.2 Å². The molecule has 2 heterocycles. The summed E-state index contributed by atoms with van der Waals surface area (Å²) in [5, 5.41) is 0. The van der Waals surface area contributed by atoms with Gasteiger partial charge in [0.25, 0.3) is 0 Å². The van der Waals surface area contributed by atoms with Crippen molar-refractivity contribution in [3.8, 4) is 0 Å². The van der Waals surface area contributed by atoms with Crippen molar-refractivity contribution in [1.82, 2.24) is 0 Å². The van der Waals surface area contributed by atoms with Gasteiger partial charge in [-0.2, -0.15) is 0 Å². The molecule has 3 rings (SSSR count). The molecule has 0 spiro atoms. The Balaban J connectivity index is 2.01. The molecule has 0 amide bonds. The highest BCUT2D eigenvalue weighted by molar-refractivity contribution is 5.83. The van der Waals surface area contributed by atoms with Crippen LogP contribution in [0.15, 0.2) is 0 Å². The van der Waals surface area contributed by atoms with E-state index in [2.05, 4.69) is 0 Å². The minimum atomic E-state index is -0.720. The Morgan fingerprint density at radius 3 is 2.36 bits per heavy atom. The molecule has 1 aliphatic carbocycles. The van der Waals surface area contributed by atoms with E-state index in [0.717, 1.165) is 0 Å². The lowest BCUT2D eigenvalue weighted by molar-refractivity contribution is -0.181. The van der Waals surface area contributed by atoms with E-state index in [9.17, 15) is 4.79 Å². The minimum Gasteiger partial charge on any atom is -0.458 e. The maximum atomic E-state index is 11.8. The molecule has 4 heteroatoms. The summed E-state index contributed by atoms with van der Waals surface area (Å²) >= 11 is 0. The second kappa shape index (κ2) is 2.49. The molecular weight excluding hydrogens is 182 g/mol. The molecule has 4 nitrogen and oxygen atoms in total. The molecular formula is C10H17NO3. The van der Waals surface area contributed by atoms with Gasteiger partial charge in [0, 0.05) is 18.4 Å². The lowest BCUT2D eigenvalue weighted by atomic mass is 9.69. The Kier molecular flexibility index (Phi) is 1.77. The smallest absolute Gasteiger partial charge is 0.339 e. The quantitative estimate of drug-likeness (QED) is 0.628. The van der Waals surface area contributed by atoms with Crippen LogP contribution in [-0.4, -0.2) is 29.3 Å². The van der Waals surface area contributed by atoms with Gasteiger partial charge in [0.15, 0.2) is 5.60 Å². The van der Waals surface area contributed by atoms with Gasteiger partial charge in [-0.3, -0.25) is 0 Å². The van der Waals surface area contributed by atoms with Gasteiger partial charge >= 0.3 is 5.97 Å². The molecule has 2 aliphatic heterocycles. The summed E-state index contributed by atoms with van der Waals surface area (Å²) in [7, 11) is 0. The number of carbonyl (C=O) groups is 1. The summed E-state index contributed by atoms with van der Waals surface area (Å²) in [6, 6.07) is 0. The summed E-state index contributed by atoms with van der Waals surface area (Å²) in [4.78, 5) is 11.8. The Morgan fingerprint density at radius 1 is 1.43 bits per heavy atom. The van der Waals surface area contributed by atoms with Crippen LogP contribution in [0.3, 0.4) is 0 Å². The van der Waals surface area contributed by atoms with Crippen LogP contribution in [0, 0.1) is 0 Å². The highest BCUT2D eigenvalue weighted by Crippen LogP contribution is 2.50. The highest BCUT2D eigenvalue weighted by Gasteiger charge is 2.66. The van der Waals surface area contributed by atoms with E-state index in [1.54, 1.807) is 0 Å². The van der Waals surface area contributed by atoms with Crippen molar-refractivity contribution in [1.29, 1.82) is 0 Å². The van der Waals surface area contributed by atoms with Gasteiger partial charge < -0.3 is 15.2 Å². The number of hydrogen-bond acceptors (Lipinski definition) is 4. The SMILES string of the molecule is CC(C)(C)OC(=O)C12CC(N)(CO1)C2. The number of rotatable bonds is 1. The normalized spacial score (nSPS) is 40.6. The van der Waals surface area contributed by atoms with Gasteiger partial charge in [0.05, 0.1) is 6.61 Å². The molecule has 0 radical (unpaired) electrons. The zero-order chi connectivity index (χ0) is 10.6. The number of esters is 1. The van der Waals surface area contributed by atoms with Gasteiger partial charge in [0.2, 0.25) is 0 Å². The van der Waals surface area contributed by atoms with Crippen LogP contribution in [0.4, 0.5) is 0 Å². The zero-order valence-electron chi connectivity index (χ0n) is 8.92. The molecule has 0 aromatic carbocycles. The first-order valence-corrected chi connectivity index (χ1v) is 4.91. The highest BCUT2D eigenvalue weighted by atomic mass is 16.6. The molecule has 14 heavy (non-hydrogen) atoms. The summed E-state index contributed by atoms with van der Waals surface area (Å²) in [5.74, 6) is -0.261. The van der Waals surface area contributed by atoms with Crippen molar-refractivity contribution >= 4 is 5.97 Å². The number of carbonyl (C=O) groups excluding carboxylic acids is 1. The molecule has 2 saturated heterocycles. The van der Waals surface area contributed by atoms with Gasteiger partial charge in [0.1, 0.15) is 5.60 Å². The molecule has 0 aromatic rings. The van der Waals surface area contributed by atoms with E-state index in [0.29, 0.717) is 19.4 Å². The molecule has 3 fully saturated rings. The number of ether oxygens (including phenoxy) is 2. The molecule has 3 aliphatic rings. The fraction of sp³-hybridized carbons (Fsp3) is 0.900. The molecule has 80 valence electrons.